The van der Waals surface area contributed by atoms with Crippen LogP contribution in [0.1, 0.15) is 39.5 Å². The molecule has 0 aromatic rings. The monoisotopic (exact) mass is 228 g/mol. The van der Waals surface area contributed by atoms with Gasteiger partial charge in [0, 0.05) is 19.7 Å². The van der Waals surface area contributed by atoms with Crippen LogP contribution in [0.4, 0.5) is 0 Å². The van der Waals surface area contributed by atoms with E-state index in [0.29, 0.717) is 18.1 Å². The molecule has 3 heteroatoms. The van der Waals surface area contributed by atoms with Gasteiger partial charge in [-0.05, 0) is 38.8 Å². The molecule has 0 aromatic carbocycles. The Balaban J connectivity index is 2.54. The highest BCUT2D eigenvalue weighted by molar-refractivity contribution is 4.84. The predicted octanol–water partition coefficient (Wildman–Crippen LogP) is 1.86. The molecule has 0 amide bonds. The number of nitrogens with zero attached hydrogens (tertiary/aromatic N) is 1. The fourth-order valence-corrected chi connectivity index (χ4v) is 2.85. The number of ether oxygens (including phenoxy) is 1. The van der Waals surface area contributed by atoms with Crippen LogP contribution in [0, 0.1) is 5.92 Å². The largest absolute Gasteiger partial charge is 0.380 e. The Morgan fingerprint density at radius 3 is 2.62 bits per heavy atom. The second-order valence-electron chi connectivity index (χ2n) is 4.98. The first-order chi connectivity index (χ1) is 7.72. The van der Waals surface area contributed by atoms with Crippen molar-refractivity contribution in [3.63, 3.8) is 0 Å². The van der Waals surface area contributed by atoms with E-state index in [9.17, 15) is 0 Å². The fourth-order valence-electron chi connectivity index (χ4n) is 2.85. The summed E-state index contributed by atoms with van der Waals surface area (Å²) in [7, 11) is 1.79. The summed E-state index contributed by atoms with van der Waals surface area (Å²) in [6.07, 6.45) is 5.65. The van der Waals surface area contributed by atoms with Crippen LogP contribution in [0.2, 0.25) is 0 Å². The van der Waals surface area contributed by atoms with Gasteiger partial charge in [0.1, 0.15) is 0 Å². The van der Waals surface area contributed by atoms with Gasteiger partial charge in [0.2, 0.25) is 0 Å². The van der Waals surface area contributed by atoms with Gasteiger partial charge in [-0.15, -0.1) is 0 Å². The average molecular weight is 228 g/mol. The normalized spacial score (nSPS) is 28.3. The standard InChI is InChI=1S/C13H28N2O/c1-4-15(10-11(2)16-3)13-8-6-5-7-12(13)9-14/h11-13H,4-10,14H2,1-3H3. The molecule has 1 saturated carbocycles. The first kappa shape index (κ1) is 13.9. The first-order valence-electron chi connectivity index (χ1n) is 6.69. The Bertz CT molecular complexity index is 187. The zero-order chi connectivity index (χ0) is 12.0. The first-order valence-corrected chi connectivity index (χ1v) is 6.69. The van der Waals surface area contributed by atoms with Crippen molar-refractivity contribution >= 4 is 0 Å². The summed E-state index contributed by atoms with van der Waals surface area (Å²) in [6.45, 7) is 7.36. The van der Waals surface area contributed by atoms with Crippen LogP contribution < -0.4 is 5.73 Å². The molecule has 1 fully saturated rings. The van der Waals surface area contributed by atoms with Crippen molar-refractivity contribution in [2.24, 2.45) is 11.7 Å². The molecule has 0 heterocycles. The van der Waals surface area contributed by atoms with Gasteiger partial charge in [-0.2, -0.15) is 0 Å². The summed E-state index contributed by atoms with van der Waals surface area (Å²) in [5.41, 5.74) is 5.89. The lowest BCUT2D eigenvalue weighted by atomic mass is 9.83. The molecule has 16 heavy (non-hydrogen) atoms. The van der Waals surface area contributed by atoms with Crippen LogP contribution in [0.3, 0.4) is 0 Å². The molecule has 0 bridgehead atoms. The topological polar surface area (TPSA) is 38.5 Å². The third-order valence-electron chi connectivity index (χ3n) is 3.94. The molecule has 96 valence electrons. The lowest BCUT2D eigenvalue weighted by molar-refractivity contribution is 0.0371. The molecule has 0 aliphatic heterocycles. The summed E-state index contributed by atoms with van der Waals surface area (Å²) < 4.78 is 5.37. The maximum absolute atomic E-state index is 5.89. The minimum atomic E-state index is 0.320. The maximum atomic E-state index is 5.89. The Morgan fingerprint density at radius 2 is 2.06 bits per heavy atom. The van der Waals surface area contributed by atoms with E-state index < -0.39 is 0 Å². The van der Waals surface area contributed by atoms with Crippen LogP contribution >= 0.6 is 0 Å². The Hall–Kier alpha value is -0.120. The fraction of sp³-hybridized carbons (Fsp3) is 1.00. The third-order valence-corrected chi connectivity index (χ3v) is 3.94. The molecule has 2 N–H and O–H groups in total. The highest BCUT2D eigenvalue weighted by atomic mass is 16.5. The smallest absolute Gasteiger partial charge is 0.0670 e. The van der Waals surface area contributed by atoms with E-state index in [4.69, 9.17) is 10.5 Å². The van der Waals surface area contributed by atoms with Gasteiger partial charge in [-0.25, -0.2) is 0 Å². The third kappa shape index (κ3) is 3.72. The molecule has 3 unspecified atom stereocenters. The molecule has 0 spiro atoms. The molecule has 0 aromatic heterocycles. The number of nitrogens with two attached hydrogens (primary N) is 1. The Kier molecular flexibility index (Phi) is 6.32. The molecule has 0 saturated heterocycles. The van der Waals surface area contributed by atoms with Gasteiger partial charge < -0.3 is 10.5 Å². The molecule has 1 rings (SSSR count). The minimum absolute atomic E-state index is 0.320. The Labute approximate surface area is 100 Å². The number of hydrogen-bond acceptors (Lipinski definition) is 3. The summed E-state index contributed by atoms with van der Waals surface area (Å²) in [5.74, 6) is 0.692. The van der Waals surface area contributed by atoms with Gasteiger partial charge in [0.05, 0.1) is 6.10 Å². The minimum Gasteiger partial charge on any atom is -0.380 e. The van der Waals surface area contributed by atoms with E-state index in [2.05, 4.69) is 18.7 Å². The van der Waals surface area contributed by atoms with Crippen molar-refractivity contribution < 1.29 is 4.74 Å². The average Bonchev–Trinajstić information content (AvgIpc) is 2.35. The molecule has 1 aliphatic carbocycles. The number of methoxy groups -OCH3 is 1. The van der Waals surface area contributed by atoms with Crippen LogP contribution in [0.25, 0.3) is 0 Å². The quantitative estimate of drug-likeness (QED) is 0.754. The van der Waals surface area contributed by atoms with Crippen molar-refractivity contribution in [2.45, 2.75) is 51.7 Å². The molecule has 3 atom stereocenters. The lowest BCUT2D eigenvalue weighted by Gasteiger charge is -2.40. The number of hydrogen-bond donors (Lipinski definition) is 1. The van der Waals surface area contributed by atoms with Gasteiger partial charge in [0.15, 0.2) is 0 Å². The Morgan fingerprint density at radius 1 is 1.38 bits per heavy atom. The van der Waals surface area contributed by atoms with Crippen molar-refractivity contribution in [3.05, 3.63) is 0 Å². The predicted molar refractivity (Wildman–Crippen MR) is 68.5 cm³/mol. The van der Waals surface area contributed by atoms with Crippen molar-refractivity contribution in [3.8, 4) is 0 Å². The van der Waals surface area contributed by atoms with E-state index in [1.165, 1.54) is 25.7 Å². The molecular formula is C13H28N2O. The van der Waals surface area contributed by atoms with E-state index >= 15 is 0 Å². The van der Waals surface area contributed by atoms with E-state index in [-0.39, 0.29) is 0 Å². The summed E-state index contributed by atoms with van der Waals surface area (Å²) in [4.78, 5) is 2.56. The summed E-state index contributed by atoms with van der Waals surface area (Å²) in [5, 5.41) is 0. The highest BCUT2D eigenvalue weighted by Crippen LogP contribution is 2.27. The van der Waals surface area contributed by atoms with Crippen molar-refractivity contribution in [2.75, 3.05) is 26.7 Å². The zero-order valence-electron chi connectivity index (χ0n) is 11.1. The van der Waals surface area contributed by atoms with E-state index in [1.54, 1.807) is 7.11 Å². The van der Waals surface area contributed by atoms with Crippen LogP contribution in [-0.2, 0) is 4.74 Å². The highest BCUT2D eigenvalue weighted by Gasteiger charge is 2.28. The SMILES string of the molecule is CCN(CC(C)OC)C1CCCCC1CN. The molecule has 1 aliphatic rings. The summed E-state index contributed by atoms with van der Waals surface area (Å²) in [6, 6.07) is 0.682. The van der Waals surface area contributed by atoms with Gasteiger partial charge in [0.25, 0.3) is 0 Å². The van der Waals surface area contributed by atoms with Gasteiger partial charge in [-0.3, -0.25) is 4.90 Å². The van der Waals surface area contributed by atoms with Crippen molar-refractivity contribution in [1.82, 2.24) is 4.90 Å². The summed E-state index contributed by atoms with van der Waals surface area (Å²) >= 11 is 0. The van der Waals surface area contributed by atoms with Gasteiger partial charge >= 0.3 is 0 Å². The second-order valence-corrected chi connectivity index (χ2v) is 4.98. The lowest BCUT2D eigenvalue weighted by Crippen LogP contribution is -2.47. The van der Waals surface area contributed by atoms with Crippen LogP contribution in [0.15, 0.2) is 0 Å². The van der Waals surface area contributed by atoms with Gasteiger partial charge in [-0.1, -0.05) is 19.8 Å². The van der Waals surface area contributed by atoms with Crippen LogP contribution in [0.5, 0.6) is 0 Å². The maximum Gasteiger partial charge on any atom is 0.0670 e. The molecule has 0 radical (unpaired) electrons. The number of likely N-dealkylation sites (N-methyl/N-ethyl adjacent to an activating group) is 1. The van der Waals surface area contributed by atoms with E-state index in [0.717, 1.165) is 19.6 Å². The van der Waals surface area contributed by atoms with Crippen LogP contribution in [-0.4, -0.2) is 43.8 Å². The van der Waals surface area contributed by atoms with Crippen molar-refractivity contribution in [1.29, 1.82) is 0 Å². The van der Waals surface area contributed by atoms with E-state index in [1.807, 2.05) is 0 Å². The second kappa shape index (κ2) is 7.25. The zero-order valence-corrected chi connectivity index (χ0v) is 11.1. The number of rotatable bonds is 6. The molecular weight excluding hydrogens is 200 g/mol. The molecule has 3 nitrogen and oxygen atoms in total.